The minimum Gasteiger partial charge on any atom is -0.458 e. The van der Waals surface area contributed by atoms with Crippen LogP contribution in [0, 0.1) is 6.92 Å². The third kappa shape index (κ3) is 3.92. The van der Waals surface area contributed by atoms with Gasteiger partial charge in [-0.2, -0.15) is 0 Å². The first-order valence-corrected chi connectivity index (χ1v) is 7.35. The van der Waals surface area contributed by atoms with E-state index in [1.807, 2.05) is 24.4 Å². The van der Waals surface area contributed by atoms with Crippen LogP contribution in [0.25, 0.3) is 11.5 Å². The third-order valence-corrected chi connectivity index (χ3v) is 3.52. The SMILES string of the molecule is CCCCC(=O)NCc1ccc(-c2csc(C)n2)o1. The highest BCUT2D eigenvalue weighted by atomic mass is 32.1. The highest BCUT2D eigenvalue weighted by Gasteiger charge is 2.08. The molecule has 1 amide bonds. The molecule has 0 atom stereocenters. The molecule has 0 aliphatic rings. The number of hydrogen-bond acceptors (Lipinski definition) is 4. The topological polar surface area (TPSA) is 55.1 Å². The molecule has 0 aliphatic heterocycles. The van der Waals surface area contributed by atoms with Crippen molar-refractivity contribution in [1.29, 1.82) is 0 Å². The Kier molecular flexibility index (Phi) is 4.74. The summed E-state index contributed by atoms with van der Waals surface area (Å²) in [5.74, 6) is 1.58. The number of rotatable bonds is 6. The molecule has 2 heterocycles. The molecule has 0 saturated heterocycles. The molecule has 0 radical (unpaired) electrons. The van der Waals surface area contributed by atoms with Crippen LogP contribution in [0.3, 0.4) is 0 Å². The Labute approximate surface area is 116 Å². The van der Waals surface area contributed by atoms with E-state index in [9.17, 15) is 4.79 Å². The van der Waals surface area contributed by atoms with E-state index in [-0.39, 0.29) is 5.91 Å². The van der Waals surface area contributed by atoms with Gasteiger partial charge in [0.25, 0.3) is 0 Å². The Balaban J connectivity index is 1.89. The molecule has 0 spiro atoms. The summed E-state index contributed by atoms with van der Waals surface area (Å²) in [4.78, 5) is 15.9. The average Bonchev–Trinajstić information content (AvgIpc) is 3.02. The summed E-state index contributed by atoms with van der Waals surface area (Å²) in [6.07, 6.45) is 2.53. The zero-order valence-corrected chi connectivity index (χ0v) is 12.0. The quantitative estimate of drug-likeness (QED) is 0.879. The van der Waals surface area contributed by atoms with Gasteiger partial charge in [-0.3, -0.25) is 4.79 Å². The number of aryl methyl sites for hydroxylation is 1. The van der Waals surface area contributed by atoms with Crippen molar-refractivity contribution < 1.29 is 9.21 Å². The van der Waals surface area contributed by atoms with Crippen molar-refractivity contribution in [3.05, 3.63) is 28.3 Å². The van der Waals surface area contributed by atoms with Crippen LogP contribution in [0.4, 0.5) is 0 Å². The van der Waals surface area contributed by atoms with Gasteiger partial charge in [-0.25, -0.2) is 4.98 Å². The molecular weight excluding hydrogens is 260 g/mol. The van der Waals surface area contributed by atoms with E-state index in [4.69, 9.17) is 4.42 Å². The number of nitrogens with zero attached hydrogens (tertiary/aromatic N) is 1. The minimum atomic E-state index is 0.0734. The van der Waals surface area contributed by atoms with Crippen LogP contribution in [0.1, 0.15) is 37.0 Å². The fourth-order valence-electron chi connectivity index (χ4n) is 1.70. The predicted molar refractivity (Wildman–Crippen MR) is 75.9 cm³/mol. The van der Waals surface area contributed by atoms with Gasteiger partial charge in [0.1, 0.15) is 11.5 Å². The molecule has 0 unspecified atom stereocenters. The van der Waals surface area contributed by atoms with E-state index in [0.29, 0.717) is 13.0 Å². The normalized spacial score (nSPS) is 10.6. The summed E-state index contributed by atoms with van der Waals surface area (Å²) in [5, 5.41) is 5.84. The summed E-state index contributed by atoms with van der Waals surface area (Å²) < 4.78 is 5.67. The molecule has 2 aromatic rings. The summed E-state index contributed by atoms with van der Waals surface area (Å²) in [6.45, 7) is 4.47. The number of carbonyl (C=O) groups is 1. The third-order valence-electron chi connectivity index (χ3n) is 2.75. The Hall–Kier alpha value is -1.62. The van der Waals surface area contributed by atoms with Gasteiger partial charge in [0.05, 0.1) is 11.6 Å². The van der Waals surface area contributed by atoms with Crippen LogP contribution < -0.4 is 5.32 Å². The predicted octanol–water partition coefficient (Wildman–Crippen LogP) is 3.52. The van der Waals surface area contributed by atoms with E-state index in [2.05, 4.69) is 17.2 Å². The maximum Gasteiger partial charge on any atom is 0.220 e. The lowest BCUT2D eigenvalue weighted by molar-refractivity contribution is -0.121. The Morgan fingerprint density at radius 3 is 3.00 bits per heavy atom. The van der Waals surface area contributed by atoms with E-state index in [1.165, 1.54) is 0 Å². The number of hydrogen-bond donors (Lipinski definition) is 1. The zero-order chi connectivity index (χ0) is 13.7. The number of carbonyl (C=O) groups excluding carboxylic acids is 1. The maximum atomic E-state index is 11.5. The number of nitrogens with one attached hydrogen (secondary N) is 1. The van der Waals surface area contributed by atoms with Crippen molar-refractivity contribution in [2.45, 2.75) is 39.7 Å². The molecule has 2 rings (SSSR count). The second kappa shape index (κ2) is 6.52. The first kappa shape index (κ1) is 13.8. The van der Waals surface area contributed by atoms with Crippen LogP contribution in [0.2, 0.25) is 0 Å². The van der Waals surface area contributed by atoms with Crippen molar-refractivity contribution >= 4 is 17.2 Å². The Morgan fingerprint density at radius 1 is 1.47 bits per heavy atom. The zero-order valence-electron chi connectivity index (χ0n) is 11.2. The lowest BCUT2D eigenvalue weighted by Gasteiger charge is -2.01. The molecule has 0 aliphatic carbocycles. The summed E-state index contributed by atoms with van der Waals surface area (Å²) >= 11 is 1.59. The molecule has 0 saturated carbocycles. The minimum absolute atomic E-state index is 0.0734. The monoisotopic (exact) mass is 278 g/mol. The van der Waals surface area contributed by atoms with Crippen molar-refractivity contribution in [1.82, 2.24) is 10.3 Å². The maximum absolute atomic E-state index is 11.5. The van der Waals surface area contributed by atoms with Crippen LogP contribution in [-0.2, 0) is 11.3 Å². The second-order valence-corrected chi connectivity index (χ2v) is 5.46. The molecule has 102 valence electrons. The average molecular weight is 278 g/mol. The molecule has 19 heavy (non-hydrogen) atoms. The van der Waals surface area contributed by atoms with Gasteiger partial charge in [-0.1, -0.05) is 13.3 Å². The van der Waals surface area contributed by atoms with Gasteiger partial charge >= 0.3 is 0 Å². The summed E-state index contributed by atoms with van der Waals surface area (Å²) in [7, 11) is 0. The molecule has 4 nitrogen and oxygen atoms in total. The molecule has 1 N–H and O–H groups in total. The van der Waals surface area contributed by atoms with Crippen LogP contribution in [0.15, 0.2) is 21.9 Å². The van der Waals surface area contributed by atoms with Gasteiger partial charge in [0.2, 0.25) is 5.91 Å². The van der Waals surface area contributed by atoms with Crippen molar-refractivity contribution in [3.8, 4) is 11.5 Å². The first-order chi connectivity index (χ1) is 9.19. The number of aromatic nitrogens is 1. The molecule has 0 fully saturated rings. The van der Waals surface area contributed by atoms with E-state index < -0.39 is 0 Å². The van der Waals surface area contributed by atoms with Crippen LogP contribution in [0.5, 0.6) is 0 Å². The van der Waals surface area contributed by atoms with Crippen molar-refractivity contribution in [2.24, 2.45) is 0 Å². The van der Waals surface area contributed by atoms with Gasteiger partial charge in [0.15, 0.2) is 5.76 Å². The summed E-state index contributed by atoms with van der Waals surface area (Å²) in [6, 6.07) is 3.77. The van der Waals surface area contributed by atoms with Gasteiger partial charge < -0.3 is 9.73 Å². The van der Waals surface area contributed by atoms with Crippen molar-refractivity contribution in [3.63, 3.8) is 0 Å². The first-order valence-electron chi connectivity index (χ1n) is 6.47. The highest BCUT2D eigenvalue weighted by molar-refractivity contribution is 7.09. The number of unbranched alkanes of at least 4 members (excludes halogenated alkanes) is 1. The van der Waals surface area contributed by atoms with E-state index in [0.717, 1.165) is 35.1 Å². The van der Waals surface area contributed by atoms with Gasteiger partial charge in [0, 0.05) is 11.8 Å². The largest absolute Gasteiger partial charge is 0.458 e. The smallest absolute Gasteiger partial charge is 0.220 e. The van der Waals surface area contributed by atoms with E-state index >= 15 is 0 Å². The van der Waals surface area contributed by atoms with Crippen molar-refractivity contribution in [2.75, 3.05) is 0 Å². The van der Waals surface area contributed by atoms with Crippen LogP contribution >= 0.6 is 11.3 Å². The molecule has 5 heteroatoms. The van der Waals surface area contributed by atoms with Gasteiger partial charge in [-0.05, 0) is 25.5 Å². The fourth-order valence-corrected chi connectivity index (χ4v) is 2.30. The second-order valence-electron chi connectivity index (χ2n) is 4.40. The molecule has 0 aromatic carbocycles. The molecule has 2 aromatic heterocycles. The highest BCUT2D eigenvalue weighted by Crippen LogP contribution is 2.23. The standard InChI is InChI=1S/C14H18N2O2S/c1-3-4-5-14(17)15-8-11-6-7-13(18-11)12-9-19-10(2)16-12/h6-7,9H,3-5,8H2,1-2H3,(H,15,17). The van der Waals surface area contributed by atoms with E-state index in [1.54, 1.807) is 11.3 Å². The molecule has 0 bridgehead atoms. The lowest BCUT2D eigenvalue weighted by Crippen LogP contribution is -2.21. The number of furan rings is 1. The fraction of sp³-hybridized carbons (Fsp3) is 0.429. The van der Waals surface area contributed by atoms with Crippen LogP contribution in [-0.4, -0.2) is 10.9 Å². The molecular formula is C14H18N2O2S. The Bertz CT molecular complexity index is 545. The summed E-state index contributed by atoms with van der Waals surface area (Å²) in [5.41, 5.74) is 0.853. The lowest BCUT2D eigenvalue weighted by atomic mass is 10.2. The number of amides is 1. The Morgan fingerprint density at radius 2 is 2.32 bits per heavy atom. The van der Waals surface area contributed by atoms with Gasteiger partial charge in [-0.15, -0.1) is 11.3 Å². The number of thiazole rings is 1.